The Labute approximate surface area is 89.7 Å². The number of allylic oxidation sites excluding steroid dienone is 3. The van der Waals surface area contributed by atoms with Crippen LogP contribution < -0.4 is 5.32 Å². The summed E-state index contributed by atoms with van der Waals surface area (Å²) >= 11 is 0. The molecule has 0 spiro atoms. The first kappa shape index (κ1) is 15.4. The fourth-order valence-electron chi connectivity index (χ4n) is 0.425. The Morgan fingerprint density at radius 1 is 1.33 bits per heavy atom. The lowest BCUT2D eigenvalue weighted by atomic mass is 10.3. The minimum atomic E-state index is 0.312. The summed E-state index contributed by atoms with van der Waals surface area (Å²) in [6.07, 6.45) is 6.14. The quantitative estimate of drug-likeness (QED) is 0.414. The number of carbonyl (C=O) groups is 2. The second-order valence-electron chi connectivity index (χ2n) is 2.67. The average Bonchev–Trinajstić information content (AvgIpc) is 2.19. The summed E-state index contributed by atoms with van der Waals surface area (Å²) < 4.78 is 0. The van der Waals surface area contributed by atoms with Gasteiger partial charge in [0.2, 0.25) is 12.8 Å². The fourth-order valence-corrected chi connectivity index (χ4v) is 0.425. The van der Waals surface area contributed by atoms with Gasteiger partial charge in [-0.2, -0.15) is 5.26 Å². The van der Waals surface area contributed by atoms with E-state index in [-0.39, 0.29) is 0 Å². The van der Waals surface area contributed by atoms with Gasteiger partial charge in [0.1, 0.15) is 0 Å². The van der Waals surface area contributed by atoms with Crippen LogP contribution in [0, 0.1) is 11.3 Å². The lowest BCUT2D eigenvalue weighted by Crippen LogP contribution is -2.04. The highest BCUT2D eigenvalue weighted by Gasteiger charge is 1.77. The van der Waals surface area contributed by atoms with Crippen molar-refractivity contribution in [3.8, 4) is 6.07 Å². The SMILES string of the molecule is CC(C#N)=CC=CN(C)C.O=CNC=O. The second-order valence-corrected chi connectivity index (χ2v) is 2.67. The number of nitrogens with zero attached hydrogens (tertiary/aromatic N) is 2. The minimum Gasteiger partial charge on any atom is -0.383 e. The van der Waals surface area contributed by atoms with E-state index in [2.05, 4.69) is 0 Å². The van der Waals surface area contributed by atoms with E-state index in [1.165, 1.54) is 0 Å². The van der Waals surface area contributed by atoms with Crippen LogP contribution >= 0.6 is 0 Å². The maximum atomic E-state index is 9.06. The summed E-state index contributed by atoms with van der Waals surface area (Å²) in [5, 5.41) is 10.1. The van der Waals surface area contributed by atoms with Crippen LogP contribution in [-0.2, 0) is 9.59 Å². The predicted octanol–water partition coefficient (Wildman–Crippen LogP) is 0.420. The Bertz CT molecular complexity index is 269. The summed E-state index contributed by atoms with van der Waals surface area (Å²) in [6, 6.07) is 2.03. The third kappa shape index (κ3) is 18.7. The molecule has 15 heavy (non-hydrogen) atoms. The first-order valence-electron chi connectivity index (χ1n) is 4.13. The van der Waals surface area contributed by atoms with Gasteiger partial charge in [-0.25, -0.2) is 0 Å². The standard InChI is InChI=1S/C8H12N2.C2H3NO2/c1-8(7-9)5-4-6-10(2)3;4-1-3-2-5/h4-6H,1-3H3;1-2H,(H,3,4,5). The van der Waals surface area contributed by atoms with Crippen molar-refractivity contribution in [2.75, 3.05) is 14.1 Å². The van der Waals surface area contributed by atoms with Gasteiger partial charge in [0.25, 0.3) is 0 Å². The van der Waals surface area contributed by atoms with Crippen molar-refractivity contribution in [1.82, 2.24) is 10.2 Å². The van der Waals surface area contributed by atoms with Crippen LogP contribution in [0.2, 0.25) is 0 Å². The molecule has 0 aromatic carbocycles. The molecule has 5 nitrogen and oxygen atoms in total. The highest BCUT2D eigenvalue weighted by Crippen LogP contribution is 1.89. The van der Waals surface area contributed by atoms with Crippen LogP contribution in [0.15, 0.2) is 23.9 Å². The molecule has 0 radical (unpaired) electrons. The van der Waals surface area contributed by atoms with Gasteiger partial charge in [0.15, 0.2) is 0 Å². The molecule has 2 amide bonds. The van der Waals surface area contributed by atoms with Gasteiger partial charge < -0.3 is 10.2 Å². The molecule has 0 saturated heterocycles. The molecule has 0 saturated carbocycles. The molecular weight excluding hydrogens is 194 g/mol. The van der Waals surface area contributed by atoms with E-state index < -0.39 is 0 Å². The molecule has 0 heterocycles. The van der Waals surface area contributed by atoms with Crippen molar-refractivity contribution in [3.63, 3.8) is 0 Å². The molecule has 0 fully saturated rings. The second kappa shape index (κ2) is 11.9. The molecule has 0 aromatic rings. The molecule has 0 rings (SSSR count). The molecule has 5 heteroatoms. The smallest absolute Gasteiger partial charge is 0.213 e. The molecule has 82 valence electrons. The van der Waals surface area contributed by atoms with Crippen LogP contribution in [-0.4, -0.2) is 31.8 Å². The van der Waals surface area contributed by atoms with Crippen molar-refractivity contribution in [3.05, 3.63) is 23.9 Å². The number of imide groups is 1. The number of carbonyl (C=O) groups excluding carboxylic acids is 2. The van der Waals surface area contributed by atoms with Gasteiger partial charge in [-0.1, -0.05) is 0 Å². The highest BCUT2D eigenvalue weighted by atomic mass is 16.2. The van der Waals surface area contributed by atoms with Crippen molar-refractivity contribution < 1.29 is 9.59 Å². The first-order valence-corrected chi connectivity index (χ1v) is 4.13. The zero-order valence-electron chi connectivity index (χ0n) is 9.10. The van der Waals surface area contributed by atoms with Gasteiger partial charge in [0, 0.05) is 19.7 Å². The van der Waals surface area contributed by atoms with Gasteiger partial charge in [-0.3, -0.25) is 9.59 Å². The van der Waals surface area contributed by atoms with E-state index in [1.807, 2.05) is 37.3 Å². The molecule has 0 unspecified atom stereocenters. The third-order valence-corrected chi connectivity index (χ3v) is 1.04. The molecule has 0 aliphatic heterocycles. The van der Waals surface area contributed by atoms with Gasteiger partial charge >= 0.3 is 0 Å². The maximum Gasteiger partial charge on any atom is 0.213 e. The van der Waals surface area contributed by atoms with Crippen LogP contribution in [0.25, 0.3) is 0 Å². The lowest BCUT2D eigenvalue weighted by Gasteiger charge is -2.00. The zero-order chi connectivity index (χ0) is 12.1. The Balaban J connectivity index is 0. The topological polar surface area (TPSA) is 73.2 Å². The molecular formula is C10H15N3O2. The Morgan fingerprint density at radius 2 is 1.87 bits per heavy atom. The van der Waals surface area contributed by atoms with Crippen molar-refractivity contribution >= 4 is 12.8 Å². The van der Waals surface area contributed by atoms with Crippen LogP contribution in [0.3, 0.4) is 0 Å². The highest BCUT2D eigenvalue weighted by molar-refractivity contribution is 5.67. The van der Waals surface area contributed by atoms with Crippen LogP contribution in [0.5, 0.6) is 0 Å². The fraction of sp³-hybridized carbons (Fsp3) is 0.300. The van der Waals surface area contributed by atoms with E-state index in [0.717, 1.165) is 5.57 Å². The van der Waals surface area contributed by atoms with Crippen molar-refractivity contribution in [2.24, 2.45) is 0 Å². The monoisotopic (exact) mass is 209 g/mol. The van der Waals surface area contributed by atoms with E-state index in [9.17, 15) is 0 Å². The summed E-state index contributed by atoms with van der Waals surface area (Å²) in [7, 11) is 3.87. The number of hydrogen-bond donors (Lipinski definition) is 1. The van der Waals surface area contributed by atoms with Crippen LogP contribution in [0.1, 0.15) is 6.92 Å². The van der Waals surface area contributed by atoms with Gasteiger partial charge in [-0.15, -0.1) is 0 Å². The van der Waals surface area contributed by atoms with Crippen LogP contribution in [0.4, 0.5) is 0 Å². The van der Waals surface area contributed by atoms with E-state index in [4.69, 9.17) is 14.9 Å². The molecule has 0 aromatic heterocycles. The molecule has 0 bridgehead atoms. The molecule has 0 atom stereocenters. The maximum absolute atomic E-state index is 9.06. The predicted molar refractivity (Wildman–Crippen MR) is 57.5 cm³/mol. The largest absolute Gasteiger partial charge is 0.383 e. The third-order valence-electron chi connectivity index (χ3n) is 1.04. The Hall–Kier alpha value is -2.09. The minimum absolute atomic E-state index is 0.312. The normalized spacial score (nSPS) is 9.60. The number of hydrogen-bond acceptors (Lipinski definition) is 4. The van der Waals surface area contributed by atoms with Gasteiger partial charge in [0.05, 0.1) is 6.07 Å². The summed E-state index contributed by atoms with van der Waals surface area (Å²) in [5.41, 5.74) is 0.720. The first-order chi connectivity index (χ1) is 7.08. The number of nitrogens with one attached hydrogen (secondary N) is 1. The molecule has 0 aliphatic carbocycles. The van der Waals surface area contributed by atoms with E-state index in [0.29, 0.717) is 12.8 Å². The summed E-state index contributed by atoms with van der Waals surface area (Å²) in [4.78, 5) is 20.0. The Kier molecular flexibility index (Phi) is 12.2. The van der Waals surface area contributed by atoms with Gasteiger partial charge in [-0.05, 0) is 25.3 Å². The number of rotatable bonds is 4. The molecule has 0 aliphatic rings. The van der Waals surface area contributed by atoms with E-state index >= 15 is 0 Å². The summed E-state index contributed by atoms with van der Waals surface area (Å²) in [5.74, 6) is 0. The van der Waals surface area contributed by atoms with Crippen molar-refractivity contribution in [1.29, 1.82) is 5.26 Å². The number of nitriles is 1. The molecule has 1 N–H and O–H groups in total. The van der Waals surface area contributed by atoms with Crippen molar-refractivity contribution in [2.45, 2.75) is 6.92 Å². The zero-order valence-corrected chi connectivity index (χ0v) is 9.10. The lowest BCUT2D eigenvalue weighted by molar-refractivity contribution is -0.117. The number of amides is 2. The summed E-state index contributed by atoms with van der Waals surface area (Å²) in [6.45, 7) is 1.78. The Morgan fingerprint density at radius 3 is 2.13 bits per heavy atom. The van der Waals surface area contributed by atoms with E-state index in [1.54, 1.807) is 18.3 Å². The average molecular weight is 209 g/mol.